The fourth-order valence-electron chi connectivity index (χ4n) is 3.43. The Morgan fingerprint density at radius 3 is 2.90 bits per heavy atom. The molecular formula is C22H19ClN2O4S. The highest BCUT2D eigenvalue weighted by Gasteiger charge is 2.28. The van der Waals surface area contributed by atoms with E-state index in [1.165, 1.54) is 16.2 Å². The Kier molecular flexibility index (Phi) is 5.85. The number of aliphatic imine (C=N–C) groups is 1. The fourth-order valence-corrected chi connectivity index (χ4v) is 4.91. The summed E-state index contributed by atoms with van der Waals surface area (Å²) >= 11 is 7.76. The van der Waals surface area contributed by atoms with Crippen molar-refractivity contribution in [3.63, 3.8) is 0 Å². The summed E-state index contributed by atoms with van der Waals surface area (Å²) in [7, 11) is 1.56. The molecule has 1 aliphatic heterocycles. The minimum absolute atomic E-state index is 0.0464. The molecule has 2 aromatic rings. The predicted molar refractivity (Wildman–Crippen MR) is 118 cm³/mol. The second-order valence-electron chi connectivity index (χ2n) is 6.86. The third-order valence-corrected chi connectivity index (χ3v) is 6.63. The van der Waals surface area contributed by atoms with Crippen LogP contribution in [0.15, 0.2) is 64.9 Å². The quantitative estimate of drug-likeness (QED) is 0.741. The maximum Gasteiger partial charge on any atom is 0.274 e. The number of aliphatic hydroxyl groups excluding tert-OH is 1. The van der Waals surface area contributed by atoms with Crippen molar-refractivity contribution in [2.45, 2.75) is 0 Å². The number of fused-ring (bicyclic) bond motifs is 2. The van der Waals surface area contributed by atoms with Gasteiger partial charge in [0.15, 0.2) is 0 Å². The van der Waals surface area contributed by atoms with Crippen LogP contribution >= 0.6 is 22.9 Å². The summed E-state index contributed by atoms with van der Waals surface area (Å²) in [6.45, 7) is -0.100. The molecule has 2 heterocycles. The van der Waals surface area contributed by atoms with E-state index in [1.54, 1.807) is 19.3 Å². The van der Waals surface area contributed by atoms with Gasteiger partial charge in [0.25, 0.3) is 11.8 Å². The highest BCUT2D eigenvalue weighted by molar-refractivity contribution is 7.21. The lowest BCUT2D eigenvalue weighted by atomic mass is 9.92. The molecule has 0 bridgehead atoms. The van der Waals surface area contributed by atoms with Crippen LogP contribution in [0, 0.1) is 5.92 Å². The fraction of sp³-hybridized carbons (Fsp3) is 0.227. The summed E-state index contributed by atoms with van der Waals surface area (Å²) in [6, 6.07) is 7.52. The number of nitrogens with zero attached hydrogens (tertiary/aromatic N) is 2. The third-order valence-electron chi connectivity index (χ3n) is 4.97. The Bertz CT molecular complexity index is 1150. The first-order valence-electron chi connectivity index (χ1n) is 9.36. The van der Waals surface area contributed by atoms with E-state index in [4.69, 9.17) is 16.3 Å². The third kappa shape index (κ3) is 3.84. The van der Waals surface area contributed by atoms with E-state index in [2.05, 4.69) is 4.99 Å². The Balaban J connectivity index is 1.60. The van der Waals surface area contributed by atoms with E-state index < -0.39 is 5.91 Å². The van der Waals surface area contributed by atoms with Crippen LogP contribution in [0.5, 0.6) is 0 Å². The first kappa shape index (κ1) is 20.5. The van der Waals surface area contributed by atoms with Crippen molar-refractivity contribution in [3.8, 4) is 0 Å². The van der Waals surface area contributed by atoms with E-state index in [0.717, 1.165) is 10.1 Å². The zero-order valence-electron chi connectivity index (χ0n) is 16.2. The zero-order chi connectivity index (χ0) is 21.3. The number of halogens is 1. The summed E-state index contributed by atoms with van der Waals surface area (Å²) < 4.78 is 6.09. The highest BCUT2D eigenvalue weighted by atomic mass is 35.5. The van der Waals surface area contributed by atoms with Crippen LogP contribution < -0.4 is 0 Å². The van der Waals surface area contributed by atoms with Gasteiger partial charge in [0.05, 0.1) is 31.0 Å². The number of carbonyl (C=O) groups excluding carboxylic acids is 2. The van der Waals surface area contributed by atoms with E-state index in [0.29, 0.717) is 26.9 Å². The standard InChI is InChI=1S/C22H19ClN2O4S/c1-29-15-7-6-13-10-14(21(27)24-17(13)11-15)12-25(8-9-26)22(28)20-19(23)16-4-2-3-5-18(16)30-20/h2-7,10-11,13,26H,8-9,12H2,1H3. The highest BCUT2D eigenvalue weighted by Crippen LogP contribution is 2.36. The van der Waals surface area contributed by atoms with Crippen molar-refractivity contribution in [2.24, 2.45) is 10.9 Å². The molecule has 154 valence electrons. The van der Waals surface area contributed by atoms with Gasteiger partial charge in [-0.25, -0.2) is 4.99 Å². The van der Waals surface area contributed by atoms with Crippen LogP contribution in [0.2, 0.25) is 5.02 Å². The topological polar surface area (TPSA) is 79.2 Å². The van der Waals surface area contributed by atoms with Crippen molar-refractivity contribution >= 4 is 50.5 Å². The molecule has 0 saturated carbocycles. The first-order chi connectivity index (χ1) is 14.5. The van der Waals surface area contributed by atoms with Gasteiger partial charge >= 0.3 is 0 Å². The van der Waals surface area contributed by atoms with Gasteiger partial charge in [-0.1, -0.05) is 42.0 Å². The summed E-state index contributed by atoms with van der Waals surface area (Å²) in [6.07, 6.45) is 7.24. The first-order valence-corrected chi connectivity index (χ1v) is 10.6. The minimum Gasteiger partial charge on any atom is -0.497 e. The smallest absolute Gasteiger partial charge is 0.274 e. The van der Waals surface area contributed by atoms with Crippen LogP contribution in [-0.2, 0) is 9.53 Å². The van der Waals surface area contributed by atoms with E-state index in [1.807, 2.05) is 36.4 Å². The van der Waals surface area contributed by atoms with Gasteiger partial charge in [-0.15, -0.1) is 11.3 Å². The molecule has 1 aliphatic carbocycles. The van der Waals surface area contributed by atoms with Gasteiger partial charge in [0.1, 0.15) is 10.6 Å². The van der Waals surface area contributed by atoms with Gasteiger partial charge in [-0.3, -0.25) is 9.59 Å². The van der Waals surface area contributed by atoms with E-state index in [-0.39, 0.29) is 31.5 Å². The number of aliphatic hydroxyl groups is 1. The molecule has 0 radical (unpaired) electrons. The summed E-state index contributed by atoms with van der Waals surface area (Å²) in [5, 5.41) is 10.7. The SMILES string of the molecule is COC1=CC2=NC(=O)C(CN(CCO)C(=O)c3sc4ccccc4c3Cl)=CC2C=C1. The van der Waals surface area contributed by atoms with Crippen LogP contribution in [-0.4, -0.2) is 54.3 Å². The average molecular weight is 443 g/mol. The number of carbonyl (C=O) groups is 2. The van der Waals surface area contributed by atoms with Gasteiger partial charge in [-0.05, 0) is 12.1 Å². The molecule has 0 fully saturated rings. The number of rotatable bonds is 6. The molecule has 6 nitrogen and oxygen atoms in total. The second-order valence-corrected chi connectivity index (χ2v) is 8.29. The molecule has 0 spiro atoms. The summed E-state index contributed by atoms with van der Waals surface area (Å²) in [4.78, 5) is 31.8. The Morgan fingerprint density at radius 1 is 1.37 bits per heavy atom. The van der Waals surface area contributed by atoms with Crippen molar-refractivity contribution in [3.05, 3.63) is 69.8 Å². The molecule has 0 saturated heterocycles. The van der Waals surface area contributed by atoms with Gasteiger partial charge in [-0.2, -0.15) is 0 Å². The summed E-state index contributed by atoms with van der Waals surface area (Å²) in [5.74, 6) is -0.248. The number of ether oxygens (including phenoxy) is 1. The number of hydrogen-bond donors (Lipinski definition) is 1. The zero-order valence-corrected chi connectivity index (χ0v) is 17.7. The minimum atomic E-state index is -0.401. The molecule has 4 rings (SSSR count). The molecule has 8 heteroatoms. The van der Waals surface area contributed by atoms with Gasteiger partial charge in [0.2, 0.25) is 0 Å². The van der Waals surface area contributed by atoms with Gasteiger partial charge in [0, 0.05) is 34.2 Å². The predicted octanol–water partition coefficient (Wildman–Crippen LogP) is 3.61. The van der Waals surface area contributed by atoms with Crippen LogP contribution in [0.3, 0.4) is 0 Å². The van der Waals surface area contributed by atoms with E-state index in [9.17, 15) is 14.7 Å². The second kappa shape index (κ2) is 8.55. The lowest BCUT2D eigenvalue weighted by molar-refractivity contribution is -0.114. The molecular weight excluding hydrogens is 424 g/mol. The lowest BCUT2D eigenvalue weighted by Gasteiger charge is -2.25. The monoisotopic (exact) mass is 442 g/mol. The van der Waals surface area contributed by atoms with Crippen molar-refractivity contribution in [1.29, 1.82) is 0 Å². The molecule has 30 heavy (non-hydrogen) atoms. The van der Waals surface area contributed by atoms with Crippen LogP contribution in [0.25, 0.3) is 10.1 Å². The maximum absolute atomic E-state index is 13.2. The molecule has 2 aliphatic rings. The number of amides is 2. The lowest BCUT2D eigenvalue weighted by Crippen LogP contribution is -2.37. The molecule has 2 amide bonds. The molecule has 1 N–H and O–H groups in total. The maximum atomic E-state index is 13.2. The van der Waals surface area contributed by atoms with E-state index >= 15 is 0 Å². The molecule has 1 unspecified atom stereocenters. The van der Waals surface area contributed by atoms with Gasteiger partial charge < -0.3 is 14.7 Å². The summed E-state index contributed by atoms with van der Waals surface area (Å²) in [5.41, 5.74) is 1.01. The van der Waals surface area contributed by atoms with Crippen molar-refractivity contribution in [1.82, 2.24) is 4.90 Å². The largest absolute Gasteiger partial charge is 0.497 e. The molecule has 1 aromatic carbocycles. The van der Waals surface area contributed by atoms with Crippen molar-refractivity contribution < 1.29 is 19.4 Å². The Hall–Kier alpha value is -2.74. The number of hydrogen-bond acceptors (Lipinski definition) is 5. The van der Waals surface area contributed by atoms with Crippen LogP contribution in [0.1, 0.15) is 9.67 Å². The number of thiophene rings is 1. The Morgan fingerprint density at radius 2 is 2.17 bits per heavy atom. The Labute approximate surface area is 182 Å². The van der Waals surface area contributed by atoms with Crippen LogP contribution in [0.4, 0.5) is 0 Å². The number of methoxy groups -OCH3 is 1. The molecule has 1 atom stereocenters. The number of dihydropyridines is 1. The molecule has 1 aromatic heterocycles. The average Bonchev–Trinajstić information content (AvgIpc) is 3.09. The number of benzene rings is 1. The van der Waals surface area contributed by atoms with Crippen molar-refractivity contribution in [2.75, 3.05) is 26.8 Å². The number of allylic oxidation sites excluding steroid dienone is 4. The normalized spacial score (nSPS) is 17.9.